The van der Waals surface area contributed by atoms with Gasteiger partial charge in [0.2, 0.25) is 0 Å². The summed E-state index contributed by atoms with van der Waals surface area (Å²) in [5, 5.41) is 11.9. The van der Waals surface area contributed by atoms with Crippen LogP contribution in [0.1, 0.15) is 11.1 Å². The molecule has 0 radical (unpaired) electrons. The largest absolute Gasteiger partial charge is 0.409 e. The SMILES string of the molecule is CSCCN(C)c1cc(C)ccc1/C(N)=N/O. The highest BCUT2D eigenvalue weighted by Gasteiger charge is 2.11. The number of thioether (sulfide) groups is 1. The minimum atomic E-state index is 0.149. The molecule has 3 N–H and O–H groups in total. The van der Waals surface area contributed by atoms with Crippen molar-refractivity contribution < 1.29 is 5.21 Å². The first-order chi connectivity index (χ1) is 8.10. The van der Waals surface area contributed by atoms with E-state index in [1.54, 1.807) is 11.8 Å². The van der Waals surface area contributed by atoms with Crippen LogP contribution in [0.25, 0.3) is 0 Å². The smallest absolute Gasteiger partial charge is 0.172 e. The molecule has 0 unspecified atom stereocenters. The molecule has 1 aromatic carbocycles. The average Bonchev–Trinajstić information content (AvgIpc) is 2.34. The number of hydrogen-bond acceptors (Lipinski definition) is 4. The van der Waals surface area contributed by atoms with Crippen molar-refractivity contribution in [3.8, 4) is 0 Å². The van der Waals surface area contributed by atoms with Crippen molar-refractivity contribution in [1.29, 1.82) is 0 Å². The highest BCUT2D eigenvalue weighted by atomic mass is 32.2. The minimum Gasteiger partial charge on any atom is -0.409 e. The molecular formula is C12H19N3OS. The first-order valence-electron chi connectivity index (χ1n) is 5.38. The number of benzene rings is 1. The Labute approximate surface area is 106 Å². The average molecular weight is 253 g/mol. The molecule has 0 heterocycles. The molecule has 0 saturated heterocycles. The van der Waals surface area contributed by atoms with E-state index in [2.05, 4.69) is 16.3 Å². The molecule has 1 aromatic rings. The van der Waals surface area contributed by atoms with Crippen molar-refractivity contribution in [3.63, 3.8) is 0 Å². The number of aryl methyl sites for hydroxylation is 1. The zero-order chi connectivity index (χ0) is 12.8. The maximum Gasteiger partial charge on any atom is 0.172 e. The second-order valence-electron chi connectivity index (χ2n) is 3.92. The summed E-state index contributed by atoms with van der Waals surface area (Å²) < 4.78 is 0. The highest BCUT2D eigenvalue weighted by molar-refractivity contribution is 7.98. The van der Waals surface area contributed by atoms with Gasteiger partial charge in [0.25, 0.3) is 0 Å². The van der Waals surface area contributed by atoms with Gasteiger partial charge in [-0.3, -0.25) is 0 Å². The zero-order valence-corrected chi connectivity index (χ0v) is 11.3. The number of anilines is 1. The molecule has 0 saturated carbocycles. The Bertz CT molecular complexity index is 407. The highest BCUT2D eigenvalue weighted by Crippen LogP contribution is 2.21. The van der Waals surface area contributed by atoms with Gasteiger partial charge < -0.3 is 15.8 Å². The van der Waals surface area contributed by atoms with E-state index in [1.165, 1.54) is 0 Å². The number of amidine groups is 1. The molecule has 0 fully saturated rings. The maximum absolute atomic E-state index is 8.78. The number of hydrogen-bond donors (Lipinski definition) is 2. The van der Waals surface area contributed by atoms with Crippen LogP contribution in [0.2, 0.25) is 0 Å². The van der Waals surface area contributed by atoms with Crippen molar-refractivity contribution >= 4 is 23.3 Å². The summed E-state index contributed by atoms with van der Waals surface area (Å²) in [6.07, 6.45) is 2.08. The fourth-order valence-electron chi connectivity index (χ4n) is 1.58. The molecule has 17 heavy (non-hydrogen) atoms. The van der Waals surface area contributed by atoms with Crippen LogP contribution in [0.3, 0.4) is 0 Å². The predicted octanol–water partition coefficient (Wildman–Crippen LogP) is 1.89. The van der Waals surface area contributed by atoms with Gasteiger partial charge in [-0.1, -0.05) is 11.2 Å². The third kappa shape index (κ3) is 3.56. The number of rotatable bonds is 5. The molecule has 94 valence electrons. The van der Waals surface area contributed by atoms with Crippen LogP contribution >= 0.6 is 11.8 Å². The monoisotopic (exact) mass is 253 g/mol. The number of nitrogens with two attached hydrogens (primary N) is 1. The lowest BCUT2D eigenvalue weighted by molar-refractivity contribution is 0.318. The Kier molecular flexibility index (Phi) is 5.15. The Balaban J connectivity index is 3.06. The molecule has 1 rings (SSSR count). The summed E-state index contributed by atoms with van der Waals surface area (Å²) in [5.74, 6) is 1.19. The number of nitrogens with zero attached hydrogens (tertiary/aromatic N) is 2. The molecule has 0 aromatic heterocycles. The third-order valence-corrected chi connectivity index (χ3v) is 3.17. The Morgan fingerprint density at radius 1 is 1.53 bits per heavy atom. The van der Waals surface area contributed by atoms with E-state index in [9.17, 15) is 0 Å². The second kappa shape index (κ2) is 6.39. The van der Waals surface area contributed by atoms with E-state index in [-0.39, 0.29) is 5.84 Å². The Hall–Kier alpha value is -1.36. The molecule has 0 aliphatic rings. The van der Waals surface area contributed by atoms with Crippen molar-refractivity contribution in [2.24, 2.45) is 10.9 Å². The van der Waals surface area contributed by atoms with Gasteiger partial charge in [0.1, 0.15) is 0 Å². The lowest BCUT2D eigenvalue weighted by Gasteiger charge is -2.22. The van der Waals surface area contributed by atoms with E-state index in [0.717, 1.165) is 29.1 Å². The Morgan fingerprint density at radius 2 is 2.24 bits per heavy atom. The van der Waals surface area contributed by atoms with Crippen LogP contribution in [0, 0.1) is 6.92 Å². The third-order valence-electron chi connectivity index (χ3n) is 2.58. The van der Waals surface area contributed by atoms with Crippen molar-refractivity contribution in [3.05, 3.63) is 29.3 Å². The second-order valence-corrected chi connectivity index (χ2v) is 4.91. The van der Waals surface area contributed by atoms with Gasteiger partial charge in [-0.25, -0.2) is 0 Å². The van der Waals surface area contributed by atoms with E-state index < -0.39 is 0 Å². The molecular weight excluding hydrogens is 234 g/mol. The van der Waals surface area contributed by atoms with Gasteiger partial charge in [0.05, 0.1) is 0 Å². The molecule has 0 aliphatic heterocycles. The van der Waals surface area contributed by atoms with Gasteiger partial charge in [-0.05, 0) is 30.9 Å². The van der Waals surface area contributed by atoms with Crippen LogP contribution in [-0.2, 0) is 0 Å². The molecule has 0 bridgehead atoms. The van der Waals surface area contributed by atoms with Crippen molar-refractivity contribution in [2.45, 2.75) is 6.92 Å². The molecule has 5 heteroatoms. The minimum absolute atomic E-state index is 0.149. The van der Waals surface area contributed by atoms with Crippen LogP contribution in [0.5, 0.6) is 0 Å². The van der Waals surface area contributed by atoms with Crippen molar-refractivity contribution in [1.82, 2.24) is 0 Å². The Morgan fingerprint density at radius 3 is 2.82 bits per heavy atom. The van der Waals surface area contributed by atoms with Gasteiger partial charge >= 0.3 is 0 Å². The molecule has 4 nitrogen and oxygen atoms in total. The first-order valence-corrected chi connectivity index (χ1v) is 6.78. The van der Waals surface area contributed by atoms with Crippen LogP contribution in [0.4, 0.5) is 5.69 Å². The van der Waals surface area contributed by atoms with Gasteiger partial charge in [-0.15, -0.1) is 0 Å². The van der Waals surface area contributed by atoms with E-state index >= 15 is 0 Å². The van der Waals surface area contributed by atoms with E-state index in [0.29, 0.717) is 0 Å². The van der Waals surface area contributed by atoms with E-state index in [1.807, 2.05) is 32.2 Å². The fraction of sp³-hybridized carbons (Fsp3) is 0.417. The van der Waals surface area contributed by atoms with Crippen LogP contribution in [0.15, 0.2) is 23.4 Å². The summed E-state index contributed by atoms with van der Waals surface area (Å²) in [7, 11) is 2.01. The fourth-order valence-corrected chi connectivity index (χ4v) is 2.03. The van der Waals surface area contributed by atoms with Gasteiger partial charge in [0, 0.05) is 30.6 Å². The summed E-state index contributed by atoms with van der Waals surface area (Å²) in [6, 6.07) is 5.89. The lowest BCUT2D eigenvalue weighted by Crippen LogP contribution is -2.25. The molecule has 0 spiro atoms. The van der Waals surface area contributed by atoms with Crippen LogP contribution in [-0.4, -0.2) is 36.6 Å². The van der Waals surface area contributed by atoms with Gasteiger partial charge in [0.15, 0.2) is 5.84 Å². The summed E-state index contributed by atoms with van der Waals surface area (Å²) >= 11 is 1.80. The normalized spacial score (nSPS) is 11.6. The van der Waals surface area contributed by atoms with E-state index in [4.69, 9.17) is 10.9 Å². The molecule has 0 amide bonds. The summed E-state index contributed by atoms with van der Waals surface area (Å²) in [5.41, 5.74) is 8.60. The quantitative estimate of drug-likeness (QED) is 0.364. The maximum atomic E-state index is 8.78. The van der Waals surface area contributed by atoms with Gasteiger partial charge in [-0.2, -0.15) is 11.8 Å². The van der Waals surface area contributed by atoms with Crippen molar-refractivity contribution in [2.75, 3.05) is 30.5 Å². The summed E-state index contributed by atoms with van der Waals surface area (Å²) in [4.78, 5) is 2.12. The van der Waals surface area contributed by atoms with Crippen LogP contribution < -0.4 is 10.6 Å². The molecule has 0 atom stereocenters. The predicted molar refractivity (Wildman–Crippen MR) is 75.3 cm³/mol. The summed E-state index contributed by atoms with van der Waals surface area (Å²) in [6.45, 7) is 2.96. The zero-order valence-electron chi connectivity index (χ0n) is 10.5. The number of oxime groups is 1. The standard InChI is InChI=1S/C12H19N3OS/c1-9-4-5-10(12(13)14-16)11(8-9)15(2)6-7-17-3/h4-5,8,16H,6-7H2,1-3H3,(H2,13,14). The lowest BCUT2D eigenvalue weighted by atomic mass is 10.1. The molecule has 0 aliphatic carbocycles. The topological polar surface area (TPSA) is 61.8 Å². The first kappa shape index (κ1) is 13.7.